The standard InChI is InChI=1S/C22H20F2N2O2S/c1-14(17-6-9-20(23)21(24)11-17)25-22(27)10-5-16-3-7-19(8-4-16)28-12-18-13-29-15(2)26-18/h3-11,13-14H,12H2,1-2H3,(H,25,27). The fraction of sp³-hybridized carbons (Fsp3) is 0.182. The van der Waals surface area contributed by atoms with Crippen LogP contribution in [0.5, 0.6) is 5.75 Å². The van der Waals surface area contributed by atoms with Gasteiger partial charge in [0.1, 0.15) is 12.4 Å². The molecule has 7 heteroatoms. The molecule has 1 aromatic heterocycles. The zero-order chi connectivity index (χ0) is 20.8. The zero-order valence-corrected chi connectivity index (χ0v) is 16.8. The fourth-order valence-electron chi connectivity index (χ4n) is 2.61. The van der Waals surface area contributed by atoms with E-state index in [1.54, 1.807) is 24.3 Å². The van der Waals surface area contributed by atoms with Gasteiger partial charge < -0.3 is 10.1 Å². The molecule has 1 unspecified atom stereocenters. The molecule has 0 aliphatic rings. The Labute approximate surface area is 171 Å². The summed E-state index contributed by atoms with van der Waals surface area (Å²) >= 11 is 1.58. The molecule has 3 rings (SSSR count). The van der Waals surface area contributed by atoms with Crippen molar-refractivity contribution in [3.8, 4) is 5.75 Å². The van der Waals surface area contributed by atoms with Crippen molar-refractivity contribution in [2.75, 3.05) is 0 Å². The summed E-state index contributed by atoms with van der Waals surface area (Å²) < 4.78 is 32.0. The smallest absolute Gasteiger partial charge is 0.244 e. The van der Waals surface area contributed by atoms with Crippen LogP contribution in [-0.4, -0.2) is 10.9 Å². The lowest BCUT2D eigenvalue weighted by Crippen LogP contribution is -2.24. The van der Waals surface area contributed by atoms with Gasteiger partial charge in [-0.1, -0.05) is 18.2 Å². The van der Waals surface area contributed by atoms with Gasteiger partial charge in [-0.25, -0.2) is 13.8 Å². The minimum absolute atomic E-state index is 0.332. The van der Waals surface area contributed by atoms with E-state index in [-0.39, 0.29) is 5.91 Å². The molecule has 3 aromatic rings. The number of aryl methyl sites for hydroxylation is 1. The molecule has 0 saturated carbocycles. The predicted molar refractivity (Wildman–Crippen MR) is 110 cm³/mol. The molecule has 0 aliphatic carbocycles. The van der Waals surface area contributed by atoms with E-state index in [1.165, 1.54) is 12.1 Å². The molecule has 1 amide bonds. The molecule has 1 N–H and O–H groups in total. The van der Waals surface area contributed by atoms with Crippen LogP contribution in [0.25, 0.3) is 6.08 Å². The van der Waals surface area contributed by atoms with Crippen LogP contribution in [0.1, 0.15) is 34.8 Å². The van der Waals surface area contributed by atoms with Crippen molar-refractivity contribution in [3.05, 3.63) is 87.4 Å². The molecule has 29 heavy (non-hydrogen) atoms. The summed E-state index contributed by atoms with van der Waals surface area (Å²) in [7, 11) is 0. The summed E-state index contributed by atoms with van der Waals surface area (Å²) in [5, 5.41) is 5.69. The first kappa shape index (κ1) is 20.7. The molecule has 150 valence electrons. The number of benzene rings is 2. The van der Waals surface area contributed by atoms with Crippen molar-refractivity contribution < 1.29 is 18.3 Å². The van der Waals surface area contributed by atoms with E-state index in [9.17, 15) is 13.6 Å². The van der Waals surface area contributed by atoms with Crippen LogP contribution < -0.4 is 10.1 Å². The summed E-state index contributed by atoms with van der Waals surface area (Å²) in [4.78, 5) is 16.4. The number of hydrogen-bond donors (Lipinski definition) is 1. The highest BCUT2D eigenvalue weighted by molar-refractivity contribution is 7.09. The van der Waals surface area contributed by atoms with Crippen LogP contribution in [0.3, 0.4) is 0 Å². The van der Waals surface area contributed by atoms with E-state index in [0.717, 1.165) is 28.4 Å². The molecule has 0 fully saturated rings. The molecule has 1 heterocycles. The number of aromatic nitrogens is 1. The number of rotatable bonds is 7. The Morgan fingerprint density at radius 3 is 2.62 bits per heavy atom. The molecule has 0 spiro atoms. The molecule has 0 saturated heterocycles. The third-order valence-corrected chi connectivity index (χ3v) is 4.99. The van der Waals surface area contributed by atoms with Crippen LogP contribution in [0.4, 0.5) is 8.78 Å². The minimum atomic E-state index is -0.939. The molecule has 0 bridgehead atoms. The highest BCUT2D eigenvalue weighted by Crippen LogP contribution is 2.17. The van der Waals surface area contributed by atoms with E-state index in [2.05, 4.69) is 10.3 Å². The van der Waals surface area contributed by atoms with Gasteiger partial charge in [-0.15, -0.1) is 11.3 Å². The van der Waals surface area contributed by atoms with Crippen LogP contribution in [-0.2, 0) is 11.4 Å². The van der Waals surface area contributed by atoms with Gasteiger partial charge in [0, 0.05) is 11.5 Å². The van der Waals surface area contributed by atoms with E-state index in [0.29, 0.717) is 17.9 Å². The van der Waals surface area contributed by atoms with Crippen molar-refractivity contribution in [1.82, 2.24) is 10.3 Å². The monoisotopic (exact) mass is 414 g/mol. The number of carbonyl (C=O) groups excluding carboxylic acids is 1. The maximum absolute atomic E-state index is 13.3. The number of nitrogens with one attached hydrogen (secondary N) is 1. The lowest BCUT2D eigenvalue weighted by atomic mass is 10.1. The molecular weight excluding hydrogens is 394 g/mol. The summed E-state index contributed by atoms with van der Waals surface area (Å²) in [6.45, 7) is 4.06. The second-order valence-corrected chi connectivity index (χ2v) is 7.51. The van der Waals surface area contributed by atoms with Crippen molar-refractivity contribution in [2.45, 2.75) is 26.5 Å². The second-order valence-electron chi connectivity index (χ2n) is 6.45. The number of amides is 1. The molecule has 0 radical (unpaired) electrons. The first-order valence-corrected chi connectivity index (χ1v) is 9.86. The Morgan fingerprint density at radius 2 is 1.97 bits per heavy atom. The molecule has 0 aliphatic heterocycles. The van der Waals surface area contributed by atoms with E-state index < -0.39 is 17.7 Å². The van der Waals surface area contributed by atoms with Gasteiger partial charge in [0.25, 0.3) is 0 Å². The van der Waals surface area contributed by atoms with Gasteiger partial charge in [0.2, 0.25) is 5.91 Å². The van der Waals surface area contributed by atoms with Gasteiger partial charge in [0.15, 0.2) is 11.6 Å². The van der Waals surface area contributed by atoms with Crippen molar-refractivity contribution >= 4 is 23.3 Å². The van der Waals surface area contributed by atoms with E-state index >= 15 is 0 Å². The van der Waals surface area contributed by atoms with Crippen molar-refractivity contribution in [1.29, 1.82) is 0 Å². The highest BCUT2D eigenvalue weighted by atomic mass is 32.1. The average Bonchev–Trinajstić information content (AvgIpc) is 3.13. The van der Waals surface area contributed by atoms with Gasteiger partial charge in [-0.2, -0.15) is 0 Å². The van der Waals surface area contributed by atoms with Crippen LogP contribution in [0.15, 0.2) is 53.9 Å². The summed E-state index contributed by atoms with van der Waals surface area (Å²) in [5.41, 5.74) is 2.21. The highest BCUT2D eigenvalue weighted by Gasteiger charge is 2.10. The first-order chi connectivity index (χ1) is 13.9. The van der Waals surface area contributed by atoms with E-state index in [4.69, 9.17) is 4.74 Å². The Balaban J connectivity index is 1.52. The topological polar surface area (TPSA) is 51.2 Å². The Kier molecular flexibility index (Phi) is 6.72. The minimum Gasteiger partial charge on any atom is -0.487 e. The third kappa shape index (κ3) is 5.96. The van der Waals surface area contributed by atoms with Gasteiger partial charge in [0.05, 0.1) is 16.7 Å². The number of halogens is 2. The fourth-order valence-corrected chi connectivity index (χ4v) is 3.20. The third-order valence-electron chi connectivity index (χ3n) is 4.16. The molecule has 4 nitrogen and oxygen atoms in total. The Hall–Kier alpha value is -3.06. The molecule has 1 atom stereocenters. The average molecular weight is 414 g/mol. The zero-order valence-electron chi connectivity index (χ0n) is 16.0. The normalized spacial score (nSPS) is 12.1. The number of ether oxygens (including phenoxy) is 1. The first-order valence-electron chi connectivity index (χ1n) is 8.98. The summed E-state index contributed by atoms with van der Waals surface area (Å²) in [6.07, 6.45) is 3.06. The van der Waals surface area contributed by atoms with Gasteiger partial charge in [-0.3, -0.25) is 4.79 Å². The van der Waals surface area contributed by atoms with Gasteiger partial charge >= 0.3 is 0 Å². The SMILES string of the molecule is Cc1nc(COc2ccc(C=CC(=O)NC(C)c3ccc(F)c(F)c3)cc2)cs1. The van der Waals surface area contributed by atoms with Crippen molar-refractivity contribution in [3.63, 3.8) is 0 Å². The number of thiazole rings is 1. The Morgan fingerprint density at radius 1 is 1.21 bits per heavy atom. The molecular formula is C22H20F2N2O2S. The number of carbonyl (C=O) groups is 1. The number of hydrogen-bond acceptors (Lipinski definition) is 4. The quantitative estimate of drug-likeness (QED) is 0.541. The van der Waals surface area contributed by atoms with Crippen LogP contribution in [0, 0.1) is 18.6 Å². The summed E-state index contributed by atoms with van der Waals surface area (Å²) in [5.74, 6) is -1.47. The van der Waals surface area contributed by atoms with Gasteiger partial charge in [-0.05, 0) is 55.3 Å². The maximum atomic E-state index is 13.3. The molecule has 2 aromatic carbocycles. The lowest BCUT2D eigenvalue weighted by Gasteiger charge is -2.13. The van der Waals surface area contributed by atoms with Crippen LogP contribution >= 0.6 is 11.3 Å². The lowest BCUT2D eigenvalue weighted by molar-refractivity contribution is -0.117. The van der Waals surface area contributed by atoms with Crippen LogP contribution in [0.2, 0.25) is 0 Å². The largest absolute Gasteiger partial charge is 0.487 e. The number of nitrogens with zero attached hydrogens (tertiary/aromatic N) is 1. The second kappa shape index (κ2) is 9.43. The van der Waals surface area contributed by atoms with E-state index in [1.807, 2.05) is 36.6 Å². The maximum Gasteiger partial charge on any atom is 0.244 e. The van der Waals surface area contributed by atoms with Crippen molar-refractivity contribution in [2.24, 2.45) is 0 Å². The summed E-state index contributed by atoms with van der Waals surface area (Å²) in [6, 6.07) is 10.4. The Bertz CT molecular complexity index is 1020. The predicted octanol–water partition coefficient (Wildman–Crippen LogP) is 5.20.